The first kappa shape index (κ1) is 12.4. The number of hydrogen-bond acceptors (Lipinski definition) is 2. The fourth-order valence-corrected chi connectivity index (χ4v) is 2.51. The Labute approximate surface area is 114 Å². The summed E-state index contributed by atoms with van der Waals surface area (Å²) in [4.78, 5) is 0. The molecule has 1 heterocycles. The molecule has 0 amide bonds. The Kier molecular flexibility index (Phi) is 3.94. The van der Waals surface area contributed by atoms with Crippen LogP contribution in [-0.4, -0.2) is 16.3 Å². The normalized spacial score (nSPS) is 14.7. The summed E-state index contributed by atoms with van der Waals surface area (Å²) in [7, 11) is 0. The van der Waals surface area contributed by atoms with Crippen LogP contribution < -0.4 is 5.32 Å². The molecule has 0 radical (unpaired) electrons. The predicted molar refractivity (Wildman–Crippen MR) is 77.0 cm³/mol. The summed E-state index contributed by atoms with van der Waals surface area (Å²) in [5, 5.41) is 7.75. The van der Waals surface area contributed by atoms with Crippen molar-refractivity contribution in [2.75, 3.05) is 6.54 Å². The summed E-state index contributed by atoms with van der Waals surface area (Å²) in [5.41, 5.74) is 3.03. The van der Waals surface area contributed by atoms with Crippen LogP contribution in [-0.2, 0) is 13.1 Å². The molecule has 3 rings (SSSR count). The van der Waals surface area contributed by atoms with Crippen molar-refractivity contribution < 1.29 is 0 Å². The molecule has 0 spiro atoms. The average molecular weight is 255 g/mol. The summed E-state index contributed by atoms with van der Waals surface area (Å²) in [6.07, 6.45) is 7.71. The van der Waals surface area contributed by atoms with Crippen LogP contribution in [0.5, 0.6) is 0 Å². The van der Waals surface area contributed by atoms with E-state index in [2.05, 4.69) is 34.7 Å². The van der Waals surface area contributed by atoms with Crippen molar-refractivity contribution in [1.29, 1.82) is 0 Å². The van der Waals surface area contributed by atoms with Crippen LogP contribution in [0.2, 0.25) is 0 Å². The van der Waals surface area contributed by atoms with Gasteiger partial charge in [-0.3, -0.25) is 4.68 Å². The Morgan fingerprint density at radius 1 is 1.21 bits per heavy atom. The van der Waals surface area contributed by atoms with Crippen LogP contribution in [0.1, 0.15) is 36.3 Å². The largest absolute Gasteiger partial charge is 0.313 e. The zero-order valence-corrected chi connectivity index (χ0v) is 11.3. The molecule has 1 aliphatic rings. The van der Waals surface area contributed by atoms with Crippen LogP contribution in [0.4, 0.5) is 0 Å². The third kappa shape index (κ3) is 3.44. The minimum absolute atomic E-state index is 0.835. The predicted octanol–water partition coefficient (Wildman–Crippen LogP) is 2.94. The molecule has 100 valence electrons. The van der Waals surface area contributed by atoms with Gasteiger partial charge in [-0.15, -0.1) is 0 Å². The monoisotopic (exact) mass is 255 g/mol. The lowest BCUT2D eigenvalue weighted by molar-refractivity contribution is 0.542. The number of nitrogens with one attached hydrogen (secondary N) is 1. The maximum Gasteiger partial charge on any atom is 0.0489 e. The fourth-order valence-electron chi connectivity index (χ4n) is 2.51. The van der Waals surface area contributed by atoms with Crippen molar-refractivity contribution in [2.24, 2.45) is 0 Å². The Morgan fingerprint density at radius 3 is 2.89 bits per heavy atom. The van der Waals surface area contributed by atoms with E-state index in [1.165, 1.54) is 18.4 Å². The standard InChI is InChI=1S/C16H21N3/c1-2-6-16(14-7-8-14)15(5-1)13-17-9-3-11-19-12-4-10-18-19/h1-2,4-6,10,12,14,17H,3,7-9,11,13H2. The summed E-state index contributed by atoms with van der Waals surface area (Å²) in [6.45, 7) is 3.02. The van der Waals surface area contributed by atoms with Gasteiger partial charge in [-0.1, -0.05) is 24.3 Å². The van der Waals surface area contributed by atoms with Gasteiger partial charge in [0.25, 0.3) is 0 Å². The highest BCUT2D eigenvalue weighted by molar-refractivity contribution is 5.33. The average Bonchev–Trinajstić information content (AvgIpc) is 3.16. The van der Waals surface area contributed by atoms with Crippen molar-refractivity contribution in [1.82, 2.24) is 15.1 Å². The highest BCUT2D eigenvalue weighted by atomic mass is 15.3. The first-order valence-corrected chi connectivity index (χ1v) is 7.19. The molecular formula is C16H21N3. The fraction of sp³-hybridized carbons (Fsp3) is 0.438. The first-order valence-electron chi connectivity index (χ1n) is 7.19. The molecule has 0 aliphatic heterocycles. The van der Waals surface area contributed by atoms with Gasteiger partial charge >= 0.3 is 0 Å². The van der Waals surface area contributed by atoms with Crippen molar-refractivity contribution in [3.8, 4) is 0 Å². The molecule has 19 heavy (non-hydrogen) atoms. The topological polar surface area (TPSA) is 29.9 Å². The lowest BCUT2D eigenvalue weighted by Gasteiger charge is -2.10. The lowest BCUT2D eigenvalue weighted by Crippen LogP contribution is -2.17. The third-order valence-corrected chi connectivity index (χ3v) is 3.69. The van der Waals surface area contributed by atoms with E-state index >= 15 is 0 Å². The van der Waals surface area contributed by atoms with Gasteiger partial charge in [-0.2, -0.15) is 5.10 Å². The molecule has 3 nitrogen and oxygen atoms in total. The van der Waals surface area contributed by atoms with E-state index in [-0.39, 0.29) is 0 Å². The minimum Gasteiger partial charge on any atom is -0.313 e. The minimum atomic E-state index is 0.835. The van der Waals surface area contributed by atoms with Gasteiger partial charge < -0.3 is 5.32 Å². The molecule has 1 aliphatic carbocycles. The Hall–Kier alpha value is -1.61. The van der Waals surface area contributed by atoms with E-state index < -0.39 is 0 Å². The Morgan fingerprint density at radius 2 is 2.11 bits per heavy atom. The molecule has 3 heteroatoms. The molecule has 1 N–H and O–H groups in total. The van der Waals surface area contributed by atoms with Crippen molar-refractivity contribution in [3.63, 3.8) is 0 Å². The molecule has 2 aromatic rings. The molecule has 0 bridgehead atoms. The first-order chi connectivity index (χ1) is 9.43. The van der Waals surface area contributed by atoms with Crippen LogP contribution in [0.15, 0.2) is 42.7 Å². The van der Waals surface area contributed by atoms with Crippen LogP contribution in [0.3, 0.4) is 0 Å². The second-order valence-corrected chi connectivity index (χ2v) is 5.27. The Balaban J connectivity index is 1.42. The molecule has 1 aromatic heterocycles. The third-order valence-electron chi connectivity index (χ3n) is 3.69. The van der Waals surface area contributed by atoms with Crippen molar-refractivity contribution in [2.45, 2.75) is 38.3 Å². The number of nitrogens with zero attached hydrogens (tertiary/aromatic N) is 2. The zero-order chi connectivity index (χ0) is 12.9. The number of aromatic nitrogens is 2. The maximum absolute atomic E-state index is 4.21. The number of rotatable bonds is 7. The van der Waals surface area contributed by atoms with Gasteiger partial charge in [-0.05, 0) is 48.9 Å². The summed E-state index contributed by atoms with van der Waals surface area (Å²) in [6, 6.07) is 10.8. The summed E-state index contributed by atoms with van der Waals surface area (Å²) >= 11 is 0. The number of aryl methyl sites for hydroxylation is 1. The quantitative estimate of drug-likeness (QED) is 0.771. The second-order valence-electron chi connectivity index (χ2n) is 5.27. The molecule has 1 fully saturated rings. The SMILES string of the molecule is c1ccc(C2CC2)c(CNCCCn2cccn2)c1. The summed E-state index contributed by atoms with van der Waals surface area (Å²) < 4.78 is 1.99. The molecule has 0 saturated heterocycles. The number of benzene rings is 1. The van der Waals surface area contributed by atoms with E-state index in [4.69, 9.17) is 0 Å². The Bertz CT molecular complexity index is 500. The van der Waals surface area contributed by atoms with Gasteiger partial charge in [0.05, 0.1) is 0 Å². The highest BCUT2D eigenvalue weighted by Gasteiger charge is 2.25. The lowest BCUT2D eigenvalue weighted by atomic mass is 10.0. The van der Waals surface area contributed by atoms with Gasteiger partial charge in [0.15, 0.2) is 0 Å². The van der Waals surface area contributed by atoms with Crippen LogP contribution in [0.25, 0.3) is 0 Å². The smallest absolute Gasteiger partial charge is 0.0489 e. The highest BCUT2D eigenvalue weighted by Crippen LogP contribution is 2.41. The molecule has 0 atom stereocenters. The maximum atomic E-state index is 4.21. The zero-order valence-electron chi connectivity index (χ0n) is 11.3. The van der Waals surface area contributed by atoms with Gasteiger partial charge in [0.2, 0.25) is 0 Å². The van der Waals surface area contributed by atoms with E-state index in [1.807, 2.05) is 23.1 Å². The second kappa shape index (κ2) is 6.02. The van der Waals surface area contributed by atoms with Gasteiger partial charge in [-0.25, -0.2) is 0 Å². The molecular weight excluding hydrogens is 234 g/mol. The molecule has 1 saturated carbocycles. The van der Waals surface area contributed by atoms with Crippen LogP contribution >= 0.6 is 0 Å². The molecule has 0 unspecified atom stereocenters. The van der Waals surface area contributed by atoms with Gasteiger partial charge in [0, 0.05) is 25.5 Å². The number of hydrogen-bond donors (Lipinski definition) is 1. The van der Waals surface area contributed by atoms with E-state index in [0.717, 1.165) is 32.0 Å². The van der Waals surface area contributed by atoms with E-state index in [9.17, 15) is 0 Å². The van der Waals surface area contributed by atoms with Crippen molar-refractivity contribution in [3.05, 3.63) is 53.9 Å². The van der Waals surface area contributed by atoms with Crippen LogP contribution in [0, 0.1) is 0 Å². The van der Waals surface area contributed by atoms with Crippen molar-refractivity contribution >= 4 is 0 Å². The van der Waals surface area contributed by atoms with E-state index in [1.54, 1.807) is 5.56 Å². The summed E-state index contributed by atoms with van der Waals surface area (Å²) in [5.74, 6) is 0.835. The van der Waals surface area contributed by atoms with E-state index in [0.29, 0.717) is 0 Å². The van der Waals surface area contributed by atoms with Gasteiger partial charge in [0.1, 0.15) is 0 Å². The molecule has 1 aromatic carbocycles.